The first kappa shape index (κ1) is 16.3. The van der Waals surface area contributed by atoms with Gasteiger partial charge in [-0.25, -0.2) is 4.79 Å². The zero-order valence-electron chi connectivity index (χ0n) is 11.8. The highest BCUT2D eigenvalue weighted by molar-refractivity contribution is 6.18. The van der Waals surface area contributed by atoms with E-state index in [1.54, 1.807) is 19.1 Å². The van der Waals surface area contributed by atoms with Gasteiger partial charge in [0.2, 0.25) is 5.76 Å². The zero-order chi connectivity index (χ0) is 16.3. The summed E-state index contributed by atoms with van der Waals surface area (Å²) in [7, 11) is 0. The van der Waals surface area contributed by atoms with Crippen LogP contribution in [-0.2, 0) is 0 Å². The number of benzene rings is 1. The van der Waals surface area contributed by atoms with Crippen molar-refractivity contribution in [3.63, 3.8) is 0 Å². The maximum atomic E-state index is 12.1. The number of rotatable bonds is 6. The van der Waals surface area contributed by atoms with Gasteiger partial charge in [0.05, 0.1) is 13.2 Å². The summed E-state index contributed by atoms with van der Waals surface area (Å²) in [4.78, 5) is 23.0. The first-order valence-electron chi connectivity index (χ1n) is 6.50. The lowest BCUT2D eigenvalue weighted by Crippen LogP contribution is -2.31. The molecule has 2 rings (SSSR count). The summed E-state index contributed by atoms with van der Waals surface area (Å²) >= 11 is 5.79. The van der Waals surface area contributed by atoms with Crippen molar-refractivity contribution in [2.75, 3.05) is 19.1 Å². The van der Waals surface area contributed by atoms with E-state index in [1.807, 2.05) is 0 Å². The van der Waals surface area contributed by atoms with E-state index in [0.29, 0.717) is 0 Å². The smallest absolute Gasteiger partial charge is 0.371 e. The summed E-state index contributed by atoms with van der Waals surface area (Å²) in [5.74, 6) is -1.31. The first-order chi connectivity index (χ1) is 10.4. The minimum absolute atomic E-state index is 0.103. The number of carboxylic acids is 1. The van der Waals surface area contributed by atoms with E-state index < -0.39 is 22.6 Å². The molecule has 2 aromatic rings. The predicted molar refractivity (Wildman–Crippen MR) is 80.9 cm³/mol. The van der Waals surface area contributed by atoms with Crippen LogP contribution in [0.15, 0.2) is 33.5 Å². The molecule has 1 aromatic heterocycles. The lowest BCUT2D eigenvalue weighted by Gasteiger charge is -2.24. The van der Waals surface area contributed by atoms with E-state index in [0.717, 1.165) is 6.07 Å². The monoisotopic (exact) mass is 326 g/mol. The summed E-state index contributed by atoms with van der Waals surface area (Å²) in [5, 5.41) is 18.4. The fourth-order valence-corrected chi connectivity index (χ4v) is 1.94. The molecule has 1 atom stereocenters. The number of halogens is 1. The van der Waals surface area contributed by atoms with E-state index in [2.05, 4.69) is 0 Å². The van der Waals surface area contributed by atoms with E-state index in [4.69, 9.17) is 25.9 Å². The Morgan fingerprint density at radius 1 is 1.45 bits per heavy atom. The van der Waals surface area contributed by atoms with Crippen LogP contribution < -0.4 is 10.2 Å². The molecule has 0 fully saturated rings. The Balaban J connectivity index is 2.44. The van der Waals surface area contributed by atoms with Crippen LogP contribution in [0.4, 0.5) is 0 Å². The van der Waals surface area contributed by atoms with Crippen LogP contribution in [0.1, 0.15) is 17.5 Å². The Morgan fingerprint density at radius 2 is 2.18 bits per heavy atom. The van der Waals surface area contributed by atoms with Gasteiger partial charge in [0.25, 0.3) is 0 Å². The molecule has 22 heavy (non-hydrogen) atoms. The zero-order valence-corrected chi connectivity index (χ0v) is 12.6. The highest BCUT2D eigenvalue weighted by Crippen LogP contribution is 2.26. The molecule has 0 spiro atoms. The van der Waals surface area contributed by atoms with E-state index in [9.17, 15) is 14.7 Å². The summed E-state index contributed by atoms with van der Waals surface area (Å²) in [6, 6.07) is 5.56. The van der Waals surface area contributed by atoms with Crippen molar-refractivity contribution in [3.8, 4) is 5.75 Å². The molecular weight excluding hydrogens is 312 g/mol. The number of ether oxygens (including phenoxy) is 1. The van der Waals surface area contributed by atoms with Gasteiger partial charge in [-0.05, 0) is 12.1 Å². The van der Waals surface area contributed by atoms with Gasteiger partial charge in [0.1, 0.15) is 16.7 Å². The number of aromatic carboxylic acids is 1. The number of alkyl halides is 1. The minimum Gasteiger partial charge on any atom is -0.492 e. The van der Waals surface area contributed by atoms with Crippen molar-refractivity contribution in [1.82, 2.24) is 0 Å². The lowest BCUT2D eigenvalue weighted by molar-refractivity contribution is 0.0663. The molecule has 118 valence electrons. The van der Waals surface area contributed by atoms with Gasteiger partial charge >= 0.3 is 5.97 Å². The second kappa shape index (κ2) is 6.37. The normalized spacial score (nSPS) is 13.8. The number of aliphatic hydroxyl groups is 1. The van der Waals surface area contributed by atoms with Crippen molar-refractivity contribution >= 4 is 28.5 Å². The Bertz CT molecular complexity index is 747. The van der Waals surface area contributed by atoms with Gasteiger partial charge in [-0.3, -0.25) is 4.79 Å². The van der Waals surface area contributed by atoms with Gasteiger partial charge < -0.3 is 19.4 Å². The molecule has 0 aliphatic heterocycles. The van der Waals surface area contributed by atoms with Crippen LogP contribution in [0.3, 0.4) is 0 Å². The first-order valence-corrected chi connectivity index (χ1v) is 7.03. The molecule has 0 bridgehead atoms. The standard InChI is InChI=1S/C15H15ClO6/c1-15(6-16,7-17)8-21-10-3-2-4-11-13(10)9(18)5-12(22-11)14(19)20/h2-5,17H,6-8H2,1H3,(H,19,20). The van der Waals surface area contributed by atoms with Gasteiger partial charge in [-0.1, -0.05) is 13.0 Å². The van der Waals surface area contributed by atoms with Crippen molar-refractivity contribution in [2.45, 2.75) is 6.92 Å². The molecule has 1 aromatic carbocycles. The van der Waals surface area contributed by atoms with Crippen LogP contribution in [0.2, 0.25) is 0 Å². The third-order valence-electron chi connectivity index (χ3n) is 3.21. The van der Waals surface area contributed by atoms with Crippen LogP contribution in [0, 0.1) is 5.41 Å². The molecule has 6 nitrogen and oxygen atoms in total. The van der Waals surface area contributed by atoms with E-state index in [1.165, 1.54) is 6.07 Å². The molecule has 1 unspecified atom stereocenters. The number of fused-ring (bicyclic) bond motifs is 1. The third kappa shape index (κ3) is 3.23. The Kier molecular flexibility index (Phi) is 4.73. The fourth-order valence-electron chi connectivity index (χ4n) is 1.78. The molecule has 0 radical (unpaired) electrons. The largest absolute Gasteiger partial charge is 0.492 e. The number of hydrogen-bond donors (Lipinski definition) is 2. The van der Waals surface area contributed by atoms with Gasteiger partial charge in [0.15, 0.2) is 5.43 Å². The van der Waals surface area contributed by atoms with Gasteiger partial charge in [0, 0.05) is 17.4 Å². The molecule has 0 aliphatic carbocycles. The highest BCUT2D eigenvalue weighted by atomic mass is 35.5. The van der Waals surface area contributed by atoms with Crippen LogP contribution in [-0.4, -0.2) is 35.3 Å². The number of carbonyl (C=O) groups is 1. The highest BCUT2D eigenvalue weighted by Gasteiger charge is 2.24. The average molecular weight is 327 g/mol. The van der Waals surface area contributed by atoms with Crippen LogP contribution >= 0.6 is 11.6 Å². The third-order valence-corrected chi connectivity index (χ3v) is 3.85. The maximum Gasteiger partial charge on any atom is 0.371 e. The van der Waals surface area contributed by atoms with Crippen molar-refractivity contribution in [3.05, 3.63) is 40.2 Å². The molecular formula is C15H15ClO6. The van der Waals surface area contributed by atoms with Gasteiger partial charge in [-0.15, -0.1) is 11.6 Å². The SMILES string of the molecule is CC(CO)(CCl)COc1cccc2oc(C(=O)O)cc(=O)c12. The number of hydrogen-bond acceptors (Lipinski definition) is 5. The van der Waals surface area contributed by atoms with Crippen LogP contribution in [0.25, 0.3) is 11.0 Å². The lowest BCUT2D eigenvalue weighted by atomic mass is 9.96. The van der Waals surface area contributed by atoms with E-state index in [-0.39, 0.29) is 35.8 Å². The van der Waals surface area contributed by atoms with Gasteiger partial charge in [-0.2, -0.15) is 0 Å². The summed E-state index contributed by atoms with van der Waals surface area (Å²) in [5.41, 5.74) is -1.03. The molecule has 0 aliphatic rings. The second-order valence-corrected chi connectivity index (χ2v) is 5.57. The Labute approximate surface area is 130 Å². The second-order valence-electron chi connectivity index (χ2n) is 5.30. The summed E-state index contributed by atoms with van der Waals surface area (Å²) in [6.07, 6.45) is 0. The fraction of sp³-hybridized carbons (Fsp3) is 0.333. The molecule has 2 N–H and O–H groups in total. The van der Waals surface area contributed by atoms with Crippen LogP contribution in [0.5, 0.6) is 5.75 Å². The average Bonchev–Trinajstić information content (AvgIpc) is 2.52. The minimum atomic E-state index is -1.32. The molecule has 0 amide bonds. The predicted octanol–water partition coefficient (Wildman–Crippen LogP) is 2.11. The Morgan fingerprint density at radius 3 is 2.77 bits per heavy atom. The quantitative estimate of drug-likeness (QED) is 0.789. The maximum absolute atomic E-state index is 12.1. The summed E-state index contributed by atoms with van der Waals surface area (Å²) < 4.78 is 10.8. The van der Waals surface area contributed by atoms with Crippen molar-refractivity contribution in [1.29, 1.82) is 0 Å². The topological polar surface area (TPSA) is 97.0 Å². The van der Waals surface area contributed by atoms with E-state index >= 15 is 0 Å². The summed E-state index contributed by atoms with van der Waals surface area (Å²) in [6.45, 7) is 1.68. The Hall–Kier alpha value is -2.05. The van der Waals surface area contributed by atoms with Crippen molar-refractivity contribution < 1.29 is 24.2 Å². The molecule has 0 saturated heterocycles. The van der Waals surface area contributed by atoms with Crippen molar-refractivity contribution in [2.24, 2.45) is 5.41 Å². The molecule has 7 heteroatoms. The number of aliphatic hydroxyl groups excluding tert-OH is 1. The number of carboxylic acid groups (broad SMARTS) is 1. The molecule has 1 heterocycles. The molecule has 0 saturated carbocycles.